The van der Waals surface area contributed by atoms with Crippen LogP contribution in [-0.2, 0) is 17.8 Å². The fourth-order valence-electron chi connectivity index (χ4n) is 4.34. The molecule has 5 rings (SSSR count). The zero-order chi connectivity index (χ0) is 21.2. The molecule has 3 heterocycles. The third-order valence-corrected chi connectivity index (χ3v) is 6.89. The molecule has 0 atom stereocenters. The fraction of sp³-hybridized carbons (Fsp3) is 0.333. The Morgan fingerprint density at radius 3 is 2.68 bits per heavy atom. The van der Waals surface area contributed by atoms with Gasteiger partial charge in [-0.15, -0.1) is 16.4 Å². The Morgan fingerprint density at radius 1 is 1.10 bits per heavy atom. The Balaban J connectivity index is 1.24. The standard InChI is InChI=1S/C24H25N5OS/c1-17(30)14-23-25-24-21(8-5-9-22(24)31-23)18-10-12-28(13-11-18)15-19-16-29(27-26-19)20-6-3-2-4-7-20/h2-9,16,18H,10-15H2,1H3. The lowest BCUT2D eigenvalue weighted by molar-refractivity contribution is -0.116. The summed E-state index contributed by atoms with van der Waals surface area (Å²) in [6.45, 7) is 4.51. The highest BCUT2D eigenvalue weighted by atomic mass is 32.1. The maximum absolute atomic E-state index is 11.5. The number of piperidine rings is 1. The molecule has 0 radical (unpaired) electrons. The van der Waals surface area contributed by atoms with Gasteiger partial charge in [-0.3, -0.25) is 9.69 Å². The van der Waals surface area contributed by atoms with Crippen LogP contribution >= 0.6 is 11.3 Å². The zero-order valence-corrected chi connectivity index (χ0v) is 18.4. The van der Waals surface area contributed by atoms with Crippen LogP contribution in [0.2, 0.25) is 0 Å². The Morgan fingerprint density at radius 2 is 1.90 bits per heavy atom. The quantitative estimate of drug-likeness (QED) is 0.453. The van der Waals surface area contributed by atoms with Gasteiger partial charge < -0.3 is 0 Å². The van der Waals surface area contributed by atoms with Crippen LogP contribution in [0.25, 0.3) is 15.9 Å². The maximum atomic E-state index is 11.5. The van der Waals surface area contributed by atoms with E-state index in [9.17, 15) is 4.79 Å². The molecule has 0 N–H and O–H groups in total. The van der Waals surface area contributed by atoms with Gasteiger partial charge >= 0.3 is 0 Å². The first-order valence-corrected chi connectivity index (χ1v) is 11.5. The van der Waals surface area contributed by atoms with E-state index in [1.54, 1.807) is 18.3 Å². The maximum Gasteiger partial charge on any atom is 0.136 e. The molecule has 7 heteroatoms. The van der Waals surface area contributed by atoms with E-state index in [-0.39, 0.29) is 5.78 Å². The number of nitrogens with zero attached hydrogens (tertiary/aromatic N) is 5. The normalized spacial score (nSPS) is 15.5. The van der Waals surface area contributed by atoms with Gasteiger partial charge in [0.05, 0.1) is 34.2 Å². The van der Waals surface area contributed by atoms with Crippen LogP contribution in [0.3, 0.4) is 0 Å². The first-order valence-electron chi connectivity index (χ1n) is 10.7. The van der Waals surface area contributed by atoms with Crippen molar-refractivity contribution in [3.05, 3.63) is 71.0 Å². The number of para-hydroxylation sites is 2. The summed E-state index contributed by atoms with van der Waals surface area (Å²) in [6, 6.07) is 16.5. The van der Waals surface area contributed by atoms with Gasteiger partial charge in [-0.1, -0.05) is 35.5 Å². The summed E-state index contributed by atoms with van der Waals surface area (Å²) < 4.78 is 3.03. The van der Waals surface area contributed by atoms with E-state index in [4.69, 9.17) is 4.98 Å². The summed E-state index contributed by atoms with van der Waals surface area (Å²) in [5, 5.41) is 9.57. The Kier molecular flexibility index (Phi) is 5.61. The molecule has 1 aliphatic heterocycles. The van der Waals surface area contributed by atoms with E-state index in [0.29, 0.717) is 12.3 Å². The molecule has 158 valence electrons. The summed E-state index contributed by atoms with van der Waals surface area (Å²) in [4.78, 5) is 18.8. The lowest BCUT2D eigenvalue weighted by Crippen LogP contribution is -2.32. The van der Waals surface area contributed by atoms with Crippen molar-refractivity contribution in [1.29, 1.82) is 0 Å². The molecular weight excluding hydrogens is 406 g/mol. The van der Waals surface area contributed by atoms with Crippen molar-refractivity contribution >= 4 is 27.3 Å². The molecular formula is C24H25N5OS. The lowest BCUT2D eigenvalue weighted by Gasteiger charge is -2.31. The van der Waals surface area contributed by atoms with Gasteiger partial charge in [0.2, 0.25) is 0 Å². The molecule has 4 aromatic rings. The first-order chi connectivity index (χ1) is 15.2. The van der Waals surface area contributed by atoms with E-state index in [0.717, 1.165) is 54.4 Å². The molecule has 31 heavy (non-hydrogen) atoms. The number of fused-ring (bicyclic) bond motifs is 1. The number of likely N-dealkylation sites (tertiary alicyclic amines) is 1. The average molecular weight is 432 g/mol. The Labute approximate surface area is 185 Å². The number of carbonyl (C=O) groups excluding carboxylic acids is 1. The molecule has 0 spiro atoms. The van der Waals surface area contributed by atoms with Gasteiger partial charge in [-0.25, -0.2) is 9.67 Å². The second-order valence-electron chi connectivity index (χ2n) is 8.22. The first kappa shape index (κ1) is 20.0. The van der Waals surface area contributed by atoms with Crippen LogP contribution in [0.4, 0.5) is 0 Å². The van der Waals surface area contributed by atoms with Crippen LogP contribution in [0.5, 0.6) is 0 Å². The third-order valence-electron chi connectivity index (χ3n) is 5.87. The minimum absolute atomic E-state index is 0.165. The van der Waals surface area contributed by atoms with Gasteiger partial charge in [0.15, 0.2) is 0 Å². The van der Waals surface area contributed by atoms with Crippen molar-refractivity contribution in [2.75, 3.05) is 13.1 Å². The predicted octanol–water partition coefficient (Wildman–Crippen LogP) is 4.39. The molecule has 0 bridgehead atoms. The molecule has 1 aliphatic rings. The van der Waals surface area contributed by atoms with Gasteiger partial charge in [-0.05, 0) is 62.5 Å². The van der Waals surface area contributed by atoms with Crippen LogP contribution in [0.1, 0.15) is 41.9 Å². The van der Waals surface area contributed by atoms with Crippen molar-refractivity contribution in [3.8, 4) is 5.69 Å². The molecule has 0 aliphatic carbocycles. The second kappa shape index (κ2) is 8.69. The second-order valence-corrected chi connectivity index (χ2v) is 9.34. The van der Waals surface area contributed by atoms with E-state index in [1.165, 1.54) is 10.3 Å². The number of benzene rings is 2. The van der Waals surface area contributed by atoms with Gasteiger partial charge in [-0.2, -0.15) is 0 Å². The van der Waals surface area contributed by atoms with Crippen molar-refractivity contribution in [2.24, 2.45) is 0 Å². The van der Waals surface area contributed by atoms with Crippen LogP contribution in [-0.4, -0.2) is 43.8 Å². The third kappa shape index (κ3) is 4.43. The van der Waals surface area contributed by atoms with Crippen molar-refractivity contribution in [2.45, 2.75) is 38.6 Å². The molecule has 0 unspecified atom stereocenters. The molecule has 0 saturated carbocycles. The average Bonchev–Trinajstić information content (AvgIpc) is 3.41. The number of Topliss-reactive ketones (excluding diaryl/α,β-unsaturated/α-hetero) is 1. The number of ketones is 1. The van der Waals surface area contributed by atoms with Crippen LogP contribution < -0.4 is 0 Å². The van der Waals surface area contributed by atoms with E-state index in [1.807, 2.05) is 41.2 Å². The highest BCUT2D eigenvalue weighted by Crippen LogP contribution is 2.35. The molecule has 1 saturated heterocycles. The molecule has 2 aromatic carbocycles. The Bertz CT molecular complexity index is 1190. The largest absolute Gasteiger partial charge is 0.300 e. The molecule has 1 fully saturated rings. The predicted molar refractivity (Wildman–Crippen MR) is 123 cm³/mol. The molecule has 6 nitrogen and oxygen atoms in total. The summed E-state index contributed by atoms with van der Waals surface area (Å²) in [5.74, 6) is 0.672. The van der Waals surface area contributed by atoms with Crippen molar-refractivity contribution in [1.82, 2.24) is 24.9 Å². The fourth-order valence-corrected chi connectivity index (χ4v) is 5.42. The van der Waals surface area contributed by atoms with E-state index in [2.05, 4.69) is 33.4 Å². The highest BCUT2D eigenvalue weighted by molar-refractivity contribution is 7.18. The van der Waals surface area contributed by atoms with Crippen LogP contribution in [0, 0.1) is 0 Å². The van der Waals surface area contributed by atoms with Gasteiger partial charge in [0, 0.05) is 6.54 Å². The number of carbonyl (C=O) groups is 1. The van der Waals surface area contributed by atoms with Gasteiger partial charge in [0.1, 0.15) is 10.8 Å². The van der Waals surface area contributed by atoms with Gasteiger partial charge in [0.25, 0.3) is 0 Å². The molecule has 2 aromatic heterocycles. The van der Waals surface area contributed by atoms with E-state index >= 15 is 0 Å². The minimum Gasteiger partial charge on any atom is -0.300 e. The SMILES string of the molecule is CC(=O)Cc1nc2c(C3CCN(Cc4cn(-c5ccccc5)nn4)CC3)cccc2s1. The summed E-state index contributed by atoms with van der Waals surface area (Å²) in [5.41, 5.74) is 4.45. The number of hydrogen-bond acceptors (Lipinski definition) is 6. The summed E-state index contributed by atoms with van der Waals surface area (Å²) in [6.07, 6.45) is 4.66. The lowest BCUT2D eigenvalue weighted by atomic mass is 9.88. The minimum atomic E-state index is 0.165. The monoisotopic (exact) mass is 431 g/mol. The smallest absolute Gasteiger partial charge is 0.136 e. The zero-order valence-electron chi connectivity index (χ0n) is 17.6. The van der Waals surface area contributed by atoms with Crippen molar-refractivity contribution in [3.63, 3.8) is 0 Å². The number of aromatic nitrogens is 4. The topological polar surface area (TPSA) is 63.9 Å². The number of hydrogen-bond donors (Lipinski definition) is 0. The van der Waals surface area contributed by atoms with E-state index < -0.39 is 0 Å². The number of thiazole rings is 1. The summed E-state index contributed by atoms with van der Waals surface area (Å²) in [7, 11) is 0. The highest BCUT2D eigenvalue weighted by Gasteiger charge is 2.24. The summed E-state index contributed by atoms with van der Waals surface area (Å²) >= 11 is 1.65. The number of rotatable bonds is 6. The molecule has 0 amide bonds. The van der Waals surface area contributed by atoms with Crippen molar-refractivity contribution < 1.29 is 4.79 Å². The Hall–Kier alpha value is -2.90. The van der Waals surface area contributed by atoms with Crippen LogP contribution in [0.15, 0.2) is 54.7 Å².